The van der Waals surface area contributed by atoms with Crippen LogP contribution in [-0.2, 0) is 10.5 Å². The maximum atomic E-state index is 13.2. The zero-order valence-corrected chi connectivity index (χ0v) is 14.9. The third kappa shape index (κ3) is 1.89. The van der Waals surface area contributed by atoms with Gasteiger partial charge in [-0.05, 0) is 18.2 Å². The maximum absolute atomic E-state index is 13.2. The van der Waals surface area contributed by atoms with Crippen molar-refractivity contribution in [3.8, 4) is 5.75 Å². The number of nitrogens with zero attached hydrogens (tertiary/aromatic N) is 3. The third-order valence-corrected chi connectivity index (χ3v) is 5.61. The quantitative estimate of drug-likeness (QED) is 0.715. The van der Waals surface area contributed by atoms with Crippen LogP contribution in [0.25, 0.3) is 0 Å². The number of hydrogen-bond donors (Lipinski definition) is 1. The van der Waals surface area contributed by atoms with E-state index in [4.69, 9.17) is 9.84 Å². The average Bonchev–Trinajstić information content (AvgIpc) is 3.30. The van der Waals surface area contributed by atoms with Crippen molar-refractivity contribution in [2.45, 2.75) is 18.2 Å². The van der Waals surface area contributed by atoms with Gasteiger partial charge < -0.3 is 10.1 Å². The van der Waals surface area contributed by atoms with E-state index in [0.29, 0.717) is 6.42 Å². The number of hydrazone groups is 1. The second-order valence-electron chi connectivity index (χ2n) is 7.14. The molecule has 6 rings (SSSR count). The minimum atomic E-state index is -1.31. The minimum absolute atomic E-state index is 0.0861. The molecule has 2 atom stereocenters. The molecule has 6 nitrogen and oxygen atoms in total. The number of anilines is 1. The van der Waals surface area contributed by atoms with Crippen molar-refractivity contribution in [1.82, 2.24) is 9.99 Å². The monoisotopic (exact) mass is 368 g/mol. The van der Waals surface area contributed by atoms with Gasteiger partial charge in [0.05, 0.1) is 23.0 Å². The summed E-state index contributed by atoms with van der Waals surface area (Å²) in [4.78, 5) is 17.5. The lowest BCUT2D eigenvalue weighted by Gasteiger charge is -2.43. The first-order chi connectivity index (χ1) is 13.8. The molecule has 0 unspecified atom stereocenters. The lowest BCUT2D eigenvalue weighted by molar-refractivity contribution is -0.161. The molecule has 1 aromatic heterocycles. The van der Waals surface area contributed by atoms with E-state index < -0.39 is 5.72 Å². The number of aromatic nitrogens is 1. The molecule has 1 N–H and O–H groups in total. The van der Waals surface area contributed by atoms with Crippen LogP contribution in [0.3, 0.4) is 0 Å². The largest absolute Gasteiger partial charge is 0.453 e. The predicted octanol–water partition coefficient (Wildman–Crippen LogP) is 3.43. The molecule has 0 radical (unpaired) electrons. The zero-order chi connectivity index (χ0) is 18.7. The molecule has 3 aliphatic heterocycles. The van der Waals surface area contributed by atoms with Gasteiger partial charge in [0.1, 0.15) is 5.75 Å². The summed E-state index contributed by atoms with van der Waals surface area (Å²) in [5.41, 5.74) is 3.13. The number of pyridine rings is 1. The van der Waals surface area contributed by atoms with Crippen molar-refractivity contribution in [1.29, 1.82) is 0 Å². The number of carbonyl (C=O) groups excluding carboxylic acids is 1. The second kappa shape index (κ2) is 5.42. The Kier molecular flexibility index (Phi) is 2.98. The Morgan fingerprint density at radius 2 is 1.93 bits per heavy atom. The molecule has 0 aliphatic carbocycles. The summed E-state index contributed by atoms with van der Waals surface area (Å²) in [5.74, 6) is 0.502. The van der Waals surface area contributed by atoms with E-state index in [9.17, 15) is 4.79 Å². The number of benzene rings is 2. The SMILES string of the molecule is O=C1Nc2ccccc2[C@@]12Oc1ccccc1[C@H]1CC(c3cccnc3)=NN12. The van der Waals surface area contributed by atoms with Crippen molar-refractivity contribution < 1.29 is 9.53 Å². The maximum Gasteiger partial charge on any atom is 0.306 e. The standard InChI is InChI=1S/C22H16N4O2/c27-21-22(16-8-2-3-9-17(16)24-21)26-19(15-7-1-4-10-20(15)28-22)12-18(25-26)14-6-5-11-23-13-14/h1-11,13,19H,12H2,(H,24,27)/t19-,22-/m1/s1. The van der Waals surface area contributed by atoms with Crippen molar-refractivity contribution in [2.75, 3.05) is 5.32 Å². The van der Waals surface area contributed by atoms with Crippen LogP contribution in [0.5, 0.6) is 5.75 Å². The van der Waals surface area contributed by atoms with E-state index in [0.717, 1.165) is 33.8 Å². The van der Waals surface area contributed by atoms with Crippen LogP contribution in [0.15, 0.2) is 78.2 Å². The van der Waals surface area contributed by atoms with Gasteiger partial charge in [0.2, 0.25) is 0 Å². The van der Waals surface area contributed by atoms with E-state index in [-0.39, 0.29) is 11.9 Å². The van der Waals surface area contributed by atoms with E-state index in [1.807, 2.05) is 65.7 Å². The Hall–Kier alpha value is -3.67. The molecule has 4 heterocycles. The van der Waals surface area contributed by atoms with E-state index in [2.05, 4.69) is 10.3 Å². The van der Waals surface area contributed by atoms with Gasteiger partial charge in [-0.15, -0.1) is 0 Å². The lowest BCUT2D eigenvalue weighted by atomic mass is 9.92. The molecule has 1 spiro atoms. The summed E-state index contributed by atoms with van der Waals surface area (Å²) in [6.45, 7) is 0. The lowest BCUT2D eigenvalue weighted by Crippen LogP contribution is -2.55. The Balaban J connectivity index is 1.59. The van der Waals surface area contributed by atoms with Crippen LogP contribution < -0.4 is 10.1 Å². The topological polar surface area (TPSA) is 66.8 Å². The number of carbonyl (C=O) groups is 1. The van der Waals surface area contributed by atoms with E-state index in [1.54, 1.807) is 12.4 Å². The van der Waals surface area contributed by atoms with Gasteiger partial charge in [0.15, 0.2) is 0 Å². The molecule has 0 saturated heterocycles. The highest BCUT2D eigenvalue weighted by molar-refractivity contribution is 6.07. The summed E-state index contributed by atoms with van der Waals surface area (Å²) in [5, 5.41) is 9.69. The normalized spacial score (nSPS) is 24.1. The van der Waals surface area contributed by atoms with Gasteiger partial charge in [0.25, 0.3) is 5.91 Å². The number of rotatable bonds is 1. The van der Waals surface area contributed by atoms with Crippen molar-refractivity contribution in [3.63, 3.8) is 0 Å². The Bertz CT molecular complexity index is 1140. The van der Waals surface area contributed by atoms with Gasteiger partial charge in [-0.1, -0.05) is 42.5 Å². The summed E-state index contributed by atoms with van der Waals surface area (Å²) < 4.78 is 6.41. The van der Waals surface area contributed by atoms with Crippen LogP contribution in [0.4, 0.5) is 5.69 Å². The molecule has 6 heteroatoms. The zero-order valence-electron chi connectivity index (χ0n) is 14.9. The molecule has 0 fully saturated rings. The number of nitrogens with one attached hydrogen (secondary N) is 1. The molecule has 0 bridgehead atoms. The van der Waals surface area contributed by atoms with Gasteiger partial charge in [-0.2, -0.15) is 5.10 Å². The van der Waals surface area contributed by atoms with Crippen LogP contribution >= 0.6 is 0 Å². The summed E-state index contributed by atoms with van der Waals surface area (Å²) in [6, 6.07) is 19.3. The molecule has 3 aliphatic rings. The Labute approximate surface area is 161 Å². The smallest absolute Gasteiger partial charge is 0.306 e. The fourth-order valence-corrected chi connectivity index (χ4v) is 4.35. The number of ether oxygens (including phenoxy) is 1. The van der Waals surface area contributed by atoms with Crippen LogP contribution in [0.2, 0.25) is 0 Å². The fourth-order valence-electron chi connectivity index (χ4n) is 4.35. The molecule has 3 aromatic rings. The van der Waals surface area contributed by atoms with Gasteiger partial charge in [-0.3, -0.25) is 9.78 Å². The van der Waals surface area contributed by atoms with Crippen LogP contribution in [0, 0.1) is 0 Å². The van der Waals surface area contributed by atoms with Gasteiger partial charge >= 0.3 is 5.72 Å². The van der Waals surface area contributed by atoms with E-state index >= 15 is 0 Å². The molecule has 2 aromatic carbocycles. The second-order valence-corrected chi connectivity index (χ2v) is 7.14. The van der Waals surface area contributed by atoms with Gasteiger partial charge in [0, 0.05) is 29.9 Å². The highest BCUT2D eigenvalue weighted by Crippen LogP contribution is 2.53. The van der Waals surface area contributed by atoms with Crippen LogP contribution in [0.1, 0.15) is 29.2 Å². The molecular weight excluding hydrogens is 352 g/mol. The number of para-hydroxylation sites is 2. The molecule has 28 heavy (non-hydrogen) atoms. The first-order valence-electron chi connectivity index (χ1n) is 9.23. The average molecular weight is 368 g/mol. The molecule has 136 valence electrons. The van der Waals surface area contributed by atoms with Crippen LogP contribution in [-0.4, -0.2) is 21.6 Å². The first kappa shape index (κ1) is 15.4. The Morgan fingerprint density at radius 1 is 1.07 bits per heavy atom. The molecule has 0 saturated carbocycles. The van der Waals surface area contributed by atoms with Gasteiger partial charge in [-0.25, -0.2) is 5.01 Å². The summed E-state index contributed by atoms with van der Waals surface area (Å²) in [7, 11) is 0. The van der Waals surface area contributed by atoms with Crippen molar-refractivity contribution in [3.05, 3.63) is 89.7 Å². The van der Waals surface area contributed by atoms with Crippen molar-refractivity contribution >= 4 is 17.3 Å². The molecule has 1 amide bonds. The fraction of sp³-hybridized carbons (Fsp3) is 0.136. The van der Waals surface area contributed by atoms with Crippen molar-refractivity contribution in [2.24, 2.45) is 5.10 Å². The number of fused-ring (bicyclic) bond motifs is 6. The first-order valence-corrected chi connectivity index (χ1v) is 9.23. The minimum Gasteiger partial charge on any atom is -0.453 e. The third-order valence-electron chi connectivity index (χ3n) is 5.61. The number of amides is 1. The highest BCUT2D eigenvalue weighted by atomic mass is 16.5. The highest BCUT2D eigenvalue weighted by Gasteiger charge is 2.60. The number of hydrogen-bond acceptors (Lipinski definition) is 5. The summed E-state index contributed by atoms with van der Waals surface area (Å²) in [6.07, 6.45) is 4.23. The predicted molar refractivity (Wildman–Crippen MR) is 104 cm³/mol. The summed E-state index contributed by atoms with van der Waals surface area (Å²) >= 11 is 0. The van der Waals surface area contributed by atoms with E-state index in [1.165, 1.54) is 0 Å². The Morgan fingerprint density at radius 3 is 2.82 bits per heavy atom. The molecular formula is C22H16N4O2.